The summed E-state index contributed by atoms with van der Waals surface area (Å²) in [5.41, 5.74) is 2.33. The Balaban J connectivity index is 2.04. The zero-order chi connectivity index (χ0) is 14.5. The molecule has 6 nitrogen and oxygen atoms in total. The maximum absolute atomic E-state index is 5.32. The summed E-state index contributed by atoms with van der Waals surface area (Å²) in [6.45, 7) is 3.46. The minimum Gasteiger partial charge on any atom is -0.493 e. The number of nitrogens with one attached hydrogen (secondary N) is 1. The number of aromatic nitrogens is 3. The second-order valence-corrected chi connectivity index (χ2v) is 4.60. The van der Waals surface area contributed by atoms with E-state index in [0.29, 0.717) is 6.54 Å². The molecule has 20 heavy (non-hydrogen) atoms. The van der Waals surface area contributed by atoms with E-state index in [0.717, 1.165) is 29.4 Å². The van der Waals surface area contributed by atoms with E-state index in [1.165, 1.54) is 5.56 Å². The Morgan fingerprint density at radius 1 is 1.15 bits per heavy atom. The molecule has 1 aromatic heterocycles. The smallest absolute Gasteiger partial charge is 0.161 e. The van der Waals surface area contributed by atoms with E-state index in [1.54, 1.807) is 20.5 Å². The Hall–Kier alpha value is -2.08. The van der Waals surface area contributed by atoms with Crippen LogP contribution in [-0.4, -0.2) is 29.0 Å². The highest BCUT2D eigenvalue weighted by Crippen LogP contribution is 2.30. The molecule has 1 aromatic carbocycles. The van der Waals surface area contributed by atoms with Crippen LogP contribution in [0.1, 0.15) is 17.0 Å². The largest absolute Gasteiger partial charge is 0.493 e. The lowest BCUT2D eigenvalue weighted by molar-refractivity contribution is 0.354. The molecule has 1 N–H and O–H groups in total. The van der Waals surface area contributed by atoms with Crippen molar-refractivity contribution in [3.05, 3.63) is 35.4 Å². The molecule has 2 aromatic rings. The number of benzene rings is 1. The molecular formula is C14H20N4O2. The Labute approximate surface area is 118 Å². The predicted molar refractivity (Wildman–Crippen MR) is 75.8 cm³/mol. The highest BCUT2D eigenvalue weighted by Gasteiger charge is 2.08. The van der Waals surface area contributed by atoms with Gasteiger partial charge in [-0.2, -0.15) is 0 Å². The molecule has 0 atom stereocenters. The molecule has 2 rings (SSSR count). The van der Waals surface area contributed by atoms with Crippen molar-refractivity contribution in [2.24, 2.45) is 7.05 Å². The third-order valence-corrected chi connectivity index (χ3v) is 3.25. The summed E-state index contributed by atoms with van der Waals surface area (Å²) in [5, 5.41) is 11.2. The van der Waals surface area contributed by atoms with Gasteiger partial charge in [-0.05, 0) is 30.2 Å². The molecule has 0 fully saturated rings. The van der Waals surface area contributed by atoms with Crippen LogP contribution in [0, 0.1) is 6.92 Å². The van der Waals surface area contributed by atoms with Crippen molar-refractivity contribution < 1.29 is 9.47 Å². The second kappa shape index (κ2) is 6.38. The first kappa shape index (κ1) is 14.3. The van der Waals surface area contributed by atoms with Crippen LogP contribution in [0.4, 0.5) is 0 Å². The van der Waals surface area contributed by atoms with Crippen molar-refractivity contribution >= 4 is 0 Å². The van der Waals surface area contributed by atoms with E-state index >= 15 is 0 Å². The molecule has 0 spiro atoms. The fraction of sp³-hybridized carbons (Fsp3) is 0.429. The number of hydrogen-bond acceptors (Lipinski definition) is 5. The fourth-order valence-electron chi connectivity index (χ4n) is 1.99. The van der Waals surface area contributed by atoms with Gasteiger partial charge < -0.3 is 19.4 Å². The Kier molecular flexibility index (Phi) is 4.57. The zero-order valence-corrected chi connectivity index (χ0v) is 12.3. The molecule has 1 heterocycles. The topological polar surface area (TPSA) is 61.2 Å². The van der Waals surface area contributed by atoms with Gasteiger partial charge in [0.15, 0.2) is 11.5 Å². The van der Waals surface area contributed by atoms with Gasteiger partial charge in [-0.15, -0.1) is 10.2 Å². The molecule has 0 saturated heterocycles. The summed E-state index contributed by atoms with van der Waals surface area (Å²) < 4.78 is 12.5. The van der Waals surface area contributed by atoms with E-state index < -0.39 is 0 Å². The van der Waals surface area contributed by atoms with Gasteiger partial charge >= 0.3 is 0 Å². The van der Waals surface area contributed by atoms with Crippen LogP contribution in [0.15, 0.2) is 18.5 Å². The lowest BCUT2D eigenvalue weighted by Gasteiger charge is -2.13. The highest BCUT2D eigenvalue weighted by atomic mass is 16.5. The summed E-state index contributed by atoms with van der Waals surface area (Å²) in [4.78, 5) is 0. The minimum atomic E-state index is 0.671. The lowest BCUT2D eigenvalue weighted by atomic mass is 10.1. The van der Waals surface area contributed by atoms with Crippen LogP contribution in [0.25, 0.3) is 0 Å². The van der Waals surface area contributed by atoms with Gasteiger partial charge in [-0.1, -0.05) is 0 Å². The number of aryl methyl sites for hydroxylation is 2. The Bertz CT molecular complexity index is 581. The van der Waals surface area contributed by atoms with Crippen LogP contribution >= 0.6 is 0 Å². The maximum Gasteiger partial charge on any atom is 0.161 e. The van der Waals surface area contributed by atoms with Gasteiger partial charge in [0, 0.05) is 13.6 Å². The van der Waals surface area contributed by atoms with Crippen LogP contribution in [0.5, 0.6) is 11.5 Å². The van der Waals surface area contributed by atoms with Gasteiger partial charge in [-0.25, -0.2) is 0 Å². The SMILES string of the molecule is COc1cc(C)c(CNCc2nncn2C)cc1OC. The van der Waals surface area contributed by atoms with Crippen molar-refractivity contribution in [2.75, 3.05) is 14.2 Å². The van der Waals surface area contributed by atoms with E-state index in [4.69, 9.17) is 9.47 Å². The molecule has 0 amide bonds. The first-order chi connectivity index (χ1) is 9.65. The van der Waals surface area contributed by atoms with Gasteiger partial charge in [0.05, 0.1) is 20.8 Å². The number of hydrogen-bond donors (Lipinski definition) is 1. The number of methoxy groups -OCH3 is 2. The van der Waals surface area contributed by atoms with Crippen LogP contribution in [-0.2, 0) is 20.1 Å². The van der Waals surface area contributed by atoms with Crippen LogP contribution < -0.4 is 14.8 Å². The number of nitrogens with zero attached hydrogens (tertiary/aromatic N) is 3. The van der Waals surface area contributed by atoms with Crippen LogP contribution in [0.2, 0.25) is 0 Å². The average molecular weight is 276 g/mol. The molecule has 0 bridgehead atoms. The summed E-state index contributed by atoms with van der Waals surface area (Å²) in [7, 11) is 5.21. The lowest BCUT2D eigenvalue weighted by Crippen LogP contribution is -2.16. The summed E-state index contributed by atoms with van der Waals surface area (Å²) in [6, 6.07) is 3.98. The first-order valence-corrected chi connectivity index (χ1v) is 6.40. The zero-order valence-electron chi connectivity index (χ0n) is 12.3. The van der Waals surface area contributed by atoms with E-state index in [1.807, 2.05) is 23.7 Å². The minimum absolute atomic E-state index is 0.671. The standard InChI is InChI=1S/C14H20N4O2/c1-10-5-12(19-3)13(20-4)6-11(10)7-15-8-14-17-16-9-18(14)2/h5-6,9,15H,7-8H2,1-4H3. The average Bonchev–Trinajstić information content (AvgIpc) is 2.85. The highest BCUT2D eigenvalue weighted by molar-refractivity contribution is 5.46. The van der Waals surface area contributed by atoms with Gasteiger partial charge in [-0.3, -0.25) is 0 Å². The number of rotatable bonds is 6. The van der Waals surface area contributed by atoms with Crippen LogP contribution in [0.3, 0.4) is 0 Å². The molecule has 0 aliphatic carbocycles. The van der Waals surface area contributed by atoms with E-state index in [9.17, 15) is 0 Å². The van der Waals surface area contributed by atoms with Crippen molar-refractivity contribution in [1.29, 1.82) is 0 Å². The third kappa shape index (κ3) is 3.08. The summed E-state index contributed by atoms with van der Waals surface area (Å²) in [5.74, 6) is 2.40. The molecular weight excluding hydrogens is 256 g/mol. The molecule has 0 aliphatic heterocycles. The summed E-state index contributed by atoms with van der Waals surface area (Å²) in [6.07, 6.45) is 1.69. The Morgan fingerprint density at radius 2 is 1.85 bits per heavy atom. The van der Waals surface area contributed by atoms with Gasteiger partial charge in [0.25, 0.3) is 0 Å². The van der Waals surface area contributed by atoms with Crippen molar-refractivity contribution in [2.45, 2.75) is 20.0 Å². The van der Waals surface area contributed by atoms with Crippen molar-refractivity contribution in [1.82, 2.24) is 20.1 Å². The predicted octanol–water partition coefficient (Wildman–Crippen LogP) is 1.43. The Morgan fingerprint density at radius 3 is 2.45 bits per heavy atom. The molecule has 108 valence electrons. The van der Waals surface area contributed by atoms with Gasteiger partial charge in [0.2, 0.25) is 0 Å². The normalized spacial score (nSPS) is 10.6. The maximum atomic E-state index is 5.32. The van der Waals surface area contributed by atoms with Crippen molar-refractivity contribution in [3.8, 4) is 11.5 Å². The quantitative estimate of drug-likeness (QED) is 0.865. The monoisotopic (exact) mass is 276 g/mol. The number of ether oxygens (including phenoxy) is 2. The first-order valence-electron chi connectivity index (χ1n) is 6.40. The fourth-order valence-corrected chi connectivity index (χ4v) is 1.99. The third-order valence-electron chi connectivity index (χ3n) is 3.25. The van der Waals surface area contributed by atoms with E-state index in [-0.39, 0.29) is 0 Å². The van der Waals surface area contributed by atoms with Gasteiger partial charge in [0.1, 0.15) is 12.2 Å². The molecule has 6 heteroatoms. The van der Waals surface area contributed by atoms with Crippen molar-refractivity contribution in [3.63, 3.8) is 0 Å². The molecule has 0 radical (unpaired) electrons. The summed E-state index contributed by atoms with van der Waals surface area (Å²) >= 11 is 0. The molecule has 0 saturated carbocycles. The second-order valence-electron chi connectivity index (χ2n) is 4.60. The molecule has 0 aliphatic rings. The van der Waals surface area contributed by atoms with E-state index in [2.05, 4.69) is 22.4 Å². The molecule has 0 unspecified atom stereocenters.